The Morgan fingerprint density at radius 2 is 2.10 bits per heavy atom. The second-order valence-corrected chi connectivity index (χ2v) is 6.51. The summed E-state index contributed by atoms with van der Waals surface area (Å²) in [5, 5.41) is 10.9. The molecule has 3 aromatic heterocycles. The molecular weight excluding hydrogens is 304 g/mol. The van der Waals surface area contributed by atoms with Gasteiger partial charge >= 0.3 is 0 Å². The molecule has 0 atom stereocenters. The van der Waals surface area contributed by atoms with Gasteiger partial charge in [0, 0.05) is 11.4 Å². The number of aromatic nitrogens is 1. The summed E-state index contributed by atoms with van der Waals surface area (Å²) < 4.78 is 5.31. The molecule has 0 radical (unpaired) electrons. The maximum Gasteiger partial charge on any atom is 0.257 e. The predicted molar refractivity (Wildman–Crippen MR) is 84.9 cm³/mol. The molecule has 4 nitrogen and oxygen atoms in total. The lowest BCUT2D eigenvalue weighted by Crippen LogP contribution is -2.26. The van der Waals surface area contributed by atoms with Crippen LogP contribution in [0.4, 0.5) is 0 Å². The van der Waals surface area contributed by atoms with E-state index in [1.54, 1.807) is 18.3 Å². The molecule has 6 heteroatoms. The number of rotatable bonds is 5. The van der Waals surface area contributed by atoms with Crippen LogP contribution in [-0.2, 0) is 6.42 Å². The van der Waals surface area contributed by atoms with E-state index < -0.39 is 0 Å². The molecule has 108 valence electrons. The predicted octanol–water partition coefficient (Wildman–Crippen LogP) is 3.75. The van der Waals surface area contributed by atoms with E-state index in [9.17, 15) is 4.79 Å². The molecule has 0 unspecified atom stereocenters. The number of hydrogen-bond acceptors (Lipinski definition) is 5. The van der Waals surface area contributed by atoms with Crippen molar-refractivity contribution in [2.24, 2.45) is 0 Å². The molecule has 0 bridgehead atoms. The van der Waals surface area contributed by atoms with Crippen LogP contribution in [0.2, 0.25) is 0 Å². The van der Waals surface area contributed by atoms with Gasteiger partial charge in [0.05, 0.1) is 10.6 Å². The molecule has 1 amide bonds. The lowest BCUT2D eigenvalue weighted by Gasteiger charge is -2.04. The van der Waals surface area contributed by atoms with Crippen LogP contribution in [0.25, 0.3) is 10.6 Å². The Balaban J connectivity index is 1.71. The number of hydrogen-bond donors (Lipinski definition) is 1. The Morgan fingerprint density at radius 3 is 2.81 bits per heavy atom. The van der Waals surface area contributed by atoms with E-state index in [1.165, 1.54) is 16.2 Å². The van der Waals surface area contributed by atoms with Crippen molar-refractivity contribution in [1.29, 1.82) is 0 Å². The standard InChI is InChI=1S/C15H14N2O2S2/c1-10-13(14(19-17-10)12-5-3-9-21-12)15(18)16-7-6-11-4-2-8-20-11/h2-5,8-9H,6-7H2,1H3,(H,16,18). The van der Waals surface area contributed by atoms with Gasteiger partial charge in [-0.15, -0.1) is 22.7 Å². The van der Waals surface area contributed by atoms with Crippen molar-refractivity contribution in [1.82, 2.24) is 10.5 Å². The summed E-state index contributed by atoms with van der Waals surface area (Å²) in [5.74, 6) is 0.421. The Bertz CT molecular complexity index is 715. The van der Waals surface area contributed by atoms with Crippen LogP contribution < -0.4 is 5.32 Å². The molecule has 0 spiro atoms. The van der Waals surface area contributed by atoms with Crippen LogP contribution in [0.15, 0.2) is 39.5 Å². The number of carbonyl (C=O) groups is 1. The summed E-state index contributed by atoms with van der Waals surface area (Å²) in [6.07, 6.45) is 0.835. The van der Waals surface area contributed by atoms with E-state index in [0.29, 0.717) is 23.6 Å². The van der Waals surface area contributed by atoms with Gasteiger partial charge in [0.15, 0.2) is 5.76 Å². The van der Waals surface area contributed by atoms with E-state index >= 15 is 0 Å². The summed E-state index contributed by atoms with van der Waals surface area (Å²) in [6.45, 7) is 2.39. The minimum absolute atomic E-state index is 0.131. The molecule has 1 N–H and O–H groups in total. The summed E-state index contributed by atoms with van der Waals surface area (Å²) in [6, 6.07) is 7.93. The number of aryl methyl sites for hydroxylation is 1. The van der Waals surface area contributed by atoms with Crippen molar-refractivity contribution in [3.05, 3.63) is 51.2 Å². The molecule has 3 heterocycles. The van der Waals surface area contributed by atoms with Crippen LogP contribution in [0.3, 0.4) is 0 Å². The fourth-order valence-corrected chi connectivity index (χ4v) is 3.47. The van der Waals surface area contributed by atoms with Gasteiger partial charge in [-0.05, 0) is 36.2 Å². The van der Waals surface area contributed by atoms with Gasteiger partial charge in [-0.25, -0.2) is 0 Å². The topological polar surface area (TPSA) is 55.1 Å². The van der Waals surface area contributed by atoms with Gasteiger partial charge in [-0.3, -0.25) is 4.79 Å². The Hall–Kier alpha value is -1.92. The number of nitrogens with zero attached hydrogens (tertiary/aromatic N) is 1. The molecule has 3 rings (SSSR count). The van der Waals surface area contributed by atoms with Crippen molar-refractivity contribution in [3.8, 4) is 10.6 Å². The van der Waals surface area contributed by atoms with Gasteiger partial charge in [-0.1, -0.05) is 17.3 Å². The summed E-state index contributed by atoms with van der Waals surface area (Å²) in [4.78, 5) is 14.5. The maximum absolute atomic E-state index is 12.4. The normalized spacial score (nSPS) is 10.7. The third-order valence-electron chi connectivity index (χ3n) is 3.07. The van der Waals surface area contributed by atoms with E-state index in [-0.39, 0.29) is 5.91 Å². The molecule has 3 aromatic rings. The summed E-state index contributed by atoms with van der Waals surface area (Å²) in [7, 11) is 0. The van der Waals surface area contributed by atoms with Crippen LogP contribution in [0.1, 0.15) is 20.9 Å². The smallest absolute Gasteiger partial charge is 0.257 e. The quantitative estimate of drug-likeness (QED) is 0.779. The second-order valence-electron chi connectivity index (χ2n) is 4.53. The zero-order chi connectivity index (χ0) is 14.7. The first kappa shape index (κ1) is 14.0. The van der Waals surface area contributed by atoms with Gasteiger partial charge in [-0.2, -0.15) is 0 Å². The zero-order valence-corrected chi connectivity index (χ0v) is 13.1. The average Bonchev–Trinajstić information content (AvgIpc) is 3.19. The van der Waals surface area contributed by atoms with Gasteiger partial charge in [0.25, 0.3) is 5.91 Å². The average molecular weight is 318 g/mol. The third kappa shape index (κ3) is 3.06. The van der Waals surface area contributed by atoms with Crippen LogP contribution in [0.5, 0.6) is 0 Å². The molecular formula is C15H14N2O2S2. The highest BCUT2D eigenvalue weighted by atomic mass is 32.1. The molecule has 0 aromatic carbocycles. The fraction of sp³-hybridized carbons (Fsp3) is 0.200. The number of thiophene rings is 2. The van der Waals surface area contributed by atoms with Crippen molar-refractivity contribution >= 4 is 28.6 Å². The molecule has 0 aliphatic heterocycles. The van der Waals surface area contributed by atoms with Gasteiger partial charge in [0.1, 0.15) is 5.56 Å². The Kier molecular flexibility index (Phi) is 4.17. The zero-order valence-electron chi connectivity index (χ0n) is 11.5. The van der Waals surface area contributed by atoms with Gasteiger partial charge < -0.3 is 9.84 Å². The summed E-state index contributed by atoms with van der Waals surface area (Å²) >= 11 is 3.23. The summed E-state index contributed by atoms with van der Waals surface area (Å²) in [5.41, 5.74) is 1.15. The van der Waals surface area contributed by atoms with Crippen molar-refractivity contribution in [2.45, 2.75) is 13.3 Å². The highest BCUT2D eigenvalue weighted by molar-refractivity contribution is 7.13. The minimum Gasteiger partial charge on any atom is -0.354 e. The van der Waals surface area contributed by atoms with Crippen molar-refractivity contribution in [2.75, 3.05) is 6.54 Å². The van der Waals surface area contributed by atoms with Crippen LogP contribution >= 0.6 is 22.7 Å². The SMILES string of the molecule is Cc1noc(-c2cccs2)c1C(=O)NCCc1cccs1. The first-order chi connectivity index (χ1) is 10.3. The highest BCUT2D eigenvalue weighted by Crippen LogP contribution is 2.29. The highest BCUT2D eigenvalue weighted by Gasteiger charge is 2.21. The fourth-order valence-electron chi connectivity index (χ4n) is 2.06. The Morgan fingerprint density at radius 1 is 1.29 bits per heavy atom. The third-order valence-corrected chi connectivity index (χ3v) is 4.88. The number of amides is 1. The molecule has 21 heavy (non-hydrogen) atoms. The number of nitrogens with one attached hydrogen (secondary N) is 1. The largest absolute Gasteiger partial charge is 0.354 e. The van der Waals surface area contributed by atoms with Crippen LogP contribution in [0, 0.1) is 6.92 Å². The first-order valence-electron chi connectivity index (χ1n) is 6.56. The second kappa shape index (κ2) is 6.24. The number of carbonyl (C=O) groups excluding carboxylic acids is 1. The van der Waals surface area contributed by atoms with E-state index in [4.69, 9.17) is 4.52 Å². The first-order valence-corrected chi connectivity index (χ1v) is 8.32. The molecule has 0 fully saturated rings. The van der Waals surface area contributed by atoms with E-state index in [0.717, 1.165) is 11.3 Å². The maximum atomic E-state index is 12.4. The molecule has 0 aliphatic carbocycles. The molecule has 0 saturated heterocycles. The molecule has 0 aliphatic rings. The Labute approximate surface area is 130 Å². The monoisotopic (exact) mass is 318 g/mol. The van der Waals surface area contributed by atoms with Crippen molar-refractivity contribution < 1.29 is 9.32 Å². The van der Waals surface area contributed by atoms with Crippen molar-refractivity contribution in [3.63, 3.8) is 0 Å². The van der Waals surface area contributed by atoms with Gasteiger partial charge in [0.2, 0.25) is 0 Å². The minimum atomic E-state index is -0.131. The van der Waals surface area contributed by atoms with Crippen LogP contribution in [-0.4, -0.2) is 17.6 Å². The lowest BCUT2D eigenvalue weighted by molar-refractivity contribution is 0.0954. The van der Waals surface area contributed by atoms with E-state index in [2.05, 4.69) is 16.5 Å². The lowest BCUT2D eigenvalue weighted by atomic mass is 10.1. The van der Waals surface area contributed by atoms with E-state index in [1.807, 2.05) is 29.0 Å². The molecule has 0 saturated carbocycles.